The van der Waals surface area contributed by atoms with E-state index in [1.54, 1.807) is 30.5 Å². The van der Waals surface area contributed by atoms with Gasteiger partial charge in [0.05, 0.1) is 11.4 Å². The van der Waals surface area contributed by atoms with Crippen LogP contribution < -0.4 is 0 Å². The molecule has 1 atom stereocenters. The van der Waals surface area contributed by atoms with Gasteiger partial charge in [0.2, 0.25) is 5.89 Å². The van der Waals surface area contributed by atoms with Crippen molar-refractivity contribution in [3.63, 3.8) is 0 Å². The maximum absolute atomic E-state index is 12.9. The van der Waals surface area contributed by atoms with E-state index in [0.29, 0.717) is 22.8 Å². The second-order valence-corrected chi connectivity index (χ2v) is 5.48. The van der Waals surface area contributed by atoms with Gasteiger partial charge in [-0.2, -0.15) is 0 Å². The minimum absolute atomic E-state index is 0.0140. The molecule has 0 amide bonds. The molecule has 0 radical (unpaired) electrons. The zero-order valence-corrected chi connectivity index (χ0v) is 12.1. The first-order valence-corrected chi connectivity index (χ1v) is 7.63. The van der Waals surface area contributed by atoms with E-state index in [-0.39, 0.29) is 11.6 Å². The van der Waals surface area contributed by atoms with Crippen molar-refractivity contribution >= 4 is 11.1 Å². The molecule has 1 unspecified atom stereocenters. The standard InChI is InChI=1S/C15H11FN2O3S/c16-12-4-1-10(2-5-12)15-18-14(8-21-15)11-3-6-13(17-7-11)9-22(19)20/h1-8H,9H2,(H,19,20). The monoisotopic (exact) mass is 318 g/mol. The van der Waals surface area contributed by atoms with E-state index in [0.717, 1.165) is 5.56 Å². The van der Waals surface area contributed by atoms with Gasteiger partial charge in [-0.1, -0.05) is 0 Å². The fourth-order valence-electron chi connectivity index (χ4n) is 1.92. The maximum atomic E-state index is 12.9. The Balaban J connectivity index is 1.84. The number of halogens is 1. The van der Waals surface area contributed by atoms with E-state index >= 15 is 0 Å². The molecule has 0 saturated heterocycles. The van der Waals surface area contributed by atoms with Gasteiger partial charge in [0.1, 0.15) is 17.8 Å². The summed E-state index contributed by atoms with van der Waals surface area (Å²) in [4.78, 5) is 8.44. The molecule has 3 rings (SSSR count). The highest BCUT2D eigenvalue weighted by Gasteiger charge is 2.09. The normalized spacial score (nSPS) is 12.3. The molecule has 0 spiro atoms. The van der Waals surface area contributed by atoms with Crippen LogP contribution in [-0.4, -0.2) is 18.7 Å². The predicted octanol–water partition coefficient (Wildman–Crippen LogP) is 3.26. The van der Waals surface area contributed by atoms with Crippen LogP contribution in [0.1, 0.15) is 5.69 Å². The van der Waals surface area contributed by atoms with Gasteiger partial charge in [0, 0.05) is 17.3 Å². The fraction of sp³-hybridized carbons (Fsp3) is 0.0667. The molecule has 0 aliphatic heterocycles. The third-order valence-electron chi connectivity index (χ3n) is 2.99. The summed E-state index contributed by atoms with van der Waals surface area (Å²) < 4.78 is 37.8. The van der Waals surface area contributed by atoms with Gasteiger partial charge in [-0.3, -0.25) is 4.98 Å². The van der Waals surface area contributed by atoms with Crippen molar-refractivity contribution in [2.75, 3.05) is 0 Å². The highest BCUT2D eigenvalue weighted by molar-refractivity contribution is 7.78. The van der Waals surface area contributed by atoms with Crippen molar-refractivity contribution < 1.29 is 17.6 Å². The van der Waals surface area contributed by atoms with Crippen molar-refractivity contribution in [3.05, 3.63) is 60.4 Å². The van der Waals surface area contributed by atoms with Gasteiger partial charge in [-0.15, -0.1) is 0 Å². The van der Waals surface area contributed by atoms with Crippen LogP contribution in [0.5, 0.6) is 0 Å². The molecular weight excluding hydrogens is 307 g/mol. The third kappa shape index (κ3) is 3.26. The fourth-order valence-corrected chi connectivity index (χ4v) is 2.34. The van der Waals surface area contributed by atoms with Crippen LogP contribution in [0.3, 0.4) is 0 Å². The molecule has 2 heterocycles. The minimum atomic E-state index is -1.92. The molecular formula is C15H11FN2O3S. The molecule has 0 bridgehead atoms. The van der Waals surface area contributed by atoms with Crippen LogP contribution in [0.25, 0.3) is 22.7 Å². The Hall–Kier alpha value is -2.38. The molecule has 112 valence electrons. The lowest BCUT2D eigenvalue weighted by atomic mass is 10.2. The SMILES string of the molecule is O=S(O)Cc1ccc(-c2coc(-c3ccc(F)cc3)n2)cn1. The van der Waals surface area contributed by atoms with E-state index in [1.165, 1.54) is 18.4 Å². The lowest BCUT2D eigenvalue weighted by Gasteiger charge is -1.98. The average molecular weight is 318 g/mol. The topological polar surface area (TPSA) is 76.2 Å². The highest BCUT2D eigenvalue weighted by atomic mass is 32.2. The first kappa shape index (κ1) is 14.6. The van der Waals surface area contributed by atoms with E-state index in [9.17, 15) is 8.60 Å². The lowest BCUT2D eigenvalue weighted by molar-refractivity contribution is 0.562. The summed E-state index contributed by atoms with van der Waals surface area (Å²) >= 11 is -1.92. The minimum Gasteiger partial charge on any atom is -0.444 e. The van der Waals surface area contributed by atoms with Crippen molar-refractivity contribution in [1.29, 1.82) is 0 Å². The Morgan fingerprint density at radius 3 is 2.50 bits per heavy atom. The zero-order chi connectivity index (χ0) is 15.5. The van der Waals surface area contributed by atoms with Gasteiger partial charge in [-0.25, -0.2) is 13.6 Å². The molecule has 0 aliphatic carbocycles. The number of aromatic nitrogens is 2. The lowest BCUT2D eigenvalue weighted by Crippen LogP contribution is -1.95. The molecule has 5 nitrogen and oxygen atoms in total. The number of nitrogens with zero attached hydrogens (tertiary/aromatic N) is 2. The van der Waals surface area contributed by atoms with Crippen molar-refractivity contribution in [3.8, 4) is 22.7 Å². The van der Waals surface area contributed by atoms with Gasteiger partial charge in [-0.05, 0) is 36.4 Å². The van der Waals surface area contributed by atoms with Crippen LogP contribution in [-0.2, 0) is 16.8 Å². The van der Waals surface area contributed by atoms with Crippen molar-refractivity contribution in [1.82, 2.24) is 9.97 Å². The summed E-state index contributed by atoms with van der Waals surface area (Å²) in [6.07, 6.45) is 3.05. The van der Waals surface area contributed by atoms with Crippen molar-refractivity contribution in [2.45, 2.75) is 5.75 Å². The summed E-state index contributed by atoms with van der Waals surface area (Å²) in [6, 6.07) is 9.26. The Morgan fingerprint density at radius 2 is 1.86 bits per heavy atom. The van der Waals surface area contributed by atoms with Crippen LogP contribution in [0.2, 0.25) is 0 Å². The second kappa shape index (κ2) is 6.17. The smallest absolute Gasteiger partial charge is 0.226 e. The molecule has 2 aromatic heterocycles. The number of pyridine rings is 1. The van der Waals surface area contributed by atoms with Gasteiger partial charge >= 0.3 is 0 Å². The van der Waals surface area contributed by atoms with E-state index in [2.05, 4.69) is 9.97 Å². The van der Waals surface area contributed by atoms with Crippen LogP contribution in [0.4, 0.5) is 4.39 Å². The van der Waals surface area contributed by atoms with E-state index < -0.39 is 11.1 Å². The quantitative estimate of drug-likeness (QED) is 0.747. The molecule has 3 aromatic rings. The first-order valence-electron chi connectivity index (χ1n) is 6.36. The molecule has 0 aliphatic rings. The van der Waals surface area contributed by atoms with Crippen LogP contribution >= 0.6 is 0 Å². The molecule has 1 aromatic carbocycles. The number of oxazole rings is 1. The zero-order valence-electron chi connectivity index (χ0n) is 11.3. The number of rotatable bonds is 4. The summed E-state index contributed by atoms with van der Waals surface area (Å²) in [5, 5.41) is 0. The Kier molecular flexibility index (Phi) is 4.08. The highest BCUT2D eigenvalue weighted by Crippen LogP contribution is 2.24. The van der Waals surface area contributed by atoms with Crippen LogP contribution in [0.15, 0.2) is 53.3 Å². The second-order valence-electron chi connectivity index (χ2n) is 4.55. The Morgan fingerprint density at radius 1 is 1.14 bits per heavy atom. The number of hydrogen-bond donors (Lipinski definition) is 1. The maximum Gasteiger partial charge on any atom is 0.226 e. The van der Waals surface area contributed by atoms with Gasteiger partial charge < -0.3 is 8.97 Å². The van der Waals surface area contributed by atoms with Crippen molar-refractivity contribution in [2.24, 2.45) is 0 Å². The van der Waals surface area contributed by atoms with Gasteiger partial charge in [0.15, 0.2) is 11.1 Å². The van der Waals surface area contributed by atoms with E-state index in [1.807, 2.05) is 0 Å². The summed E-state index contributed by atoms with van der Waals surface area (Å²) in [5.74, 6) is 0.0482. The average Bonchev–Trinajstić information content (AvgIpc) is 2.98. The third-order valence-corrected chi connectivity index (χ3v) is 3.53. The summed E-state index contributed by atoms with van der Waals surface area (Å²) in [6.45, 7) is 0. The summed E-state index contributed by atoms with van der Waals surface area (Å²) in [5.41, 5.74) is 2.51. The van der Waals surface area contributed by atoms with E-state index in [4.69, 9.17) is 8.97 Å². The van der Waals surface area contributed by atoms with Gasteiger partial charge in [0.25, 0.3) is 0 Å². The number of hydrogen-bond acceptors (Lipinski definition) is 4. The predicted molar refractivity (Wildman–Crippen MR) is 79.6 cm³/mol. The Labute approximate surface area is 128 Å². The first-order chi connectivity index (χ1) is 10.6. The molecule has 0 saturated carbocycles. The summed E-state index contributed by atoms with van der Waals surface area (Å²) in [7, 11) is 0. The molecule has 1 N–H and O–H groups in total. The molecule has 22 heavy (non-hydrogen) atoms. The number of benzene rings is 1. The molecule has 7 heteroatoms. The largest absolute Gasteiger partial charge is 0.444 e. The molecule has 0 fully saturated rings. The Bertz CT molecular complexity index is 800. The van der Waals surface area contributed by atoms with Crippen LogP contribution in [0, 0.1) is 5.82 Å².